The van der Waals surface area contributed by atoms with Gasteiger partial charge in [0, 0.05) is 0 Å². The molecule has 5 heteroatoms. The van der Waals surface area contributed by atoms with Crippen molar-refractivity contribution < 1.29 is 19.0 Å². The third-order valence-corrected chi connectivity index (χ3v) is 2.33. The number of benzene rings is 1. The van der Waals surface area contributed by atoms with Crippen LogP contribution in [0.1, 0.15) is 17.3 Å². The smallest absolute Gasteiger partial charge is 0.341 e. The van der Waals surface area contributed by atoms with Crippen molar-refractivity contribution in [1.82, 2.24) is 0 Å². The van der Waals surface area contributed by atoms with Gasteiger partial charge in [-0.25, -0.2) is 4.79 Å². The SMILES string of the molecule is CCOc1ccc(C(=O)OC)c(OC)c1Cl. The van der Waals surface area contributed by atoms with Crippen LogP contribution in [-0.4, -0.2) is 26.8 Å². The van der Waals surface area contributed by atoms with E-state index >= 15 is 0 Å². The van der Waals surface area contributed by atoms with Gasteiger partial charge < -0.3 is 14.2 Å². The van der Waals surface area contributed by atoms with Gasteiger partial charge in [0.25, 0.3) is 0 Å². The van der Waals surface area contributed by atoms with Crippen LogP contribution in [0.15, 0.2) is 12.1 Å². The molecule has 88 valence electrons. The van der Waals surface area contributed by atoms with Crippen LogP contribution in [0.5, 0.6) is 11.5 Å². The average Bonchev–Trinajstić information content (AvgIpc) is 2.30. The summed E-state index contributed by atoms with van der Waals surface area (Å²) < 4.78 is 15.0. The Labute approximate surface area is 99.1 Å². The van der Waals surface area contributed by atoms with Crippen LogP contribution >= 0.6 is 11.6 Å². The maximum atomic E-state index is 11.4. The highest BCUT2D eigenvalue weighted by atomic mass is 35.5. The second-order valence-electron chi connectivity index (χ2n) is 2.88. The van der Waals surface area contributed by atoms with Crippen LogP contribution in [0.2, 0.25) is 5.02 Å². The second-order valence-corrected chi connectivity index (χ2v) is 3.26. The number of ether oxygens (including phenoxy) is 3. The van der Waals surface area contributed by atoms with Crippen LogP contribution in [0, 0.1) is 0 Å². The summed E-state index contributed by atoms with van der Waals surface area (Å²) >= 11 is 6.04. The van der Waals surface area contributed by atoms with Crippen LogP contribution in [-0.2, 0) is 4.74 Å². The van der Waals surface area contributed by atoms with Crippen molar-refractivity contribution in [1.29, 1.82) is 0 Å². The zero-order valence-corrected chi connectivity index (χ0v) is 10.1. The Morgan fingerprint density at radius 3 is 2.56 bits per heavy atom. The highest BCUT2D eigenvalue weighted by molar-refractivity contribution is 6.34. The zero-order chi connectivity index (χ0) is 12.1. The molecule has 0 fully saturated rings. The molecule has 0 saturated carbocycles. The minimum atomic E-state index is -0.498. The second kappa shape index (κ2) is 5.61. The Kier molecular flexibility index (Phi) is 4.43. The lowest BCUT2D eigenvalue weighted by atomic mass is 10.2. The van der Waals surface area contributed by atoms with E-state index in [1.807, 2.05) is 6.92 Å². The first-order valence-electron chi connectivity index (χ1n) is 4.73. The minimum Gasteiger partial charge on any atom is -0.494 e. The summed E-state index contributed by atoms with van der Waals surface area (Å²) in [6.07, 6.45) is 0. The highest BCUT2D eigenvalue weighted by Gasteiger charge is 2.18. The van der Waals surface area contributed by atoms with Crippen molar-refractivity contribution in [2.45, 2.75) is 6.92 Å². The van der Waals surface area contributed by atoms with Gasteiger partial charge in [0.1, 0.15) is 16.3 Å². The molecule has 1 rings (SSSR count). The van der Waals surface area contributed by atoms with Gasteiger partial charge in [0.05, 0.1) is 20.8 Å². The van der Waals surface area contributed by atoms with Gasteiger partial charge in [-0.3, -0.25) is 0 Å². The molecular weight excluding hydrogens is 232 g/mol. The molecule has 0 heterocycles. The molecule has 4 nitrogen and oxygen atoms in total. The van der Waals surface area contributed by atoms with Crippen molar-refractivity contribution in [3.8, 4) is 11.5 Å². The van der Waals surface area contributed by atoms with Crippen molar-refractivity contribution in [2.24, 2.45) is 0 Å². The first kappa shape index (κ1) is 12.6. The maximum Gasteiger partial charge on any atom is 0.341 e. The Hall–Kier alpha value is -1.42. The molecule has 0 unspecified atom stereocenters. The number of hydrogen-bond donors (Lipinski definition) is 0. The molecule has 0 atom stereocenters. The van der Waals surface area contributed by atoms with Crippen LogP contribution < -0.4 is 9.47 Å². The Morgan fingerprint density at radius 2 is 2.06 bits per heavy atom. The lowest BCUT2D eigenvalue weighted by Crippen LogP contribution is -2.05. The van der Waals surface area contributed by atoms with Gasteiger partial charge >= 0.3 is 5.97 Å². The fourth-order valence-electron chi connectivity index (χ4n) is 1.28. The van der Waals surface area contributed by atoms with E-state index in [4.69, 9.17) is 21.1 Å². The largest absolute Gasteiger partial charge is 0.494 e. The molecule has 0 spiro atoms. The number of carbonyl (C=O) groups excluding carboxylic acids is 1. The summed E-state index contributed by atoms with van der Waals surface area (Å²) in [5.41, 5.74) is 0.276. The predicted octanol–water partition coefficient (Wildman–Crippen LogP) is 2.53. The third-order valence-electron chi connectivity index (χ3n) is 1.97. The van der Waals surface area contributed by atoms with Crippen molar-refractivity contribution in [2.75, 3.05) is 20.8 Å². The molecule has 0 saturated heterocycles. The minimum absolute atomic E-state index is 0.263. The lowest BCUT2D eigenvalue weighted by molar-refractivity contribution is 0.0597. The van der Waals surface area contributed by atoms with Gasteiger partial charge in [0.2, 0.25) is 0 Å². The molecular formula is C11H13ClO4. The van der Waals surface area contributed by atoms with Crippen molar-refractivity contribution in [3.05, 3.63) is 22.7 Å². The van der Waals surface area contributed by atoms with E-state index in [2.05, 4.69) is 4.74 Å². The standard InChI is InChI=1S/C11H13ClO4/c1-4-16-8-6-5-7(11(13)15-3)10(14-2)9(8)12/h5-6H,4H2,1-3H3. The summed E-state index contributed by atoms with van der Waals surface area (Å²) in [7, 11) is 2.73. The molecule has 0 aliphatic rings. The Balaban J connectivity index is 3.23. The van der Waals surface area contributed by atoms with Gasteiger partial charge in [0.15, 0.2) is 5.75 Å². The van der Waals surface area contributed by atoms with Gasteiger partial charge in [-0.15, -0.1) is 0 Å². The quantitative estimate of drug-likeness (QED) is 0.764. The highest BCUT2D eigenvalue weighted by Crippen LogP contribution is 2.37. The van der Waals surface area contributed by atoms with E-state index < -0.39 is 5.97 Å². The summed E-state index contributed by atoms with van der Waals surface area (Å²) in [6.45, 7) is 2.33. The number of methoxy groups -OCH3 is 2. The predicted molar refractivity (Wildman–Crippen MR) is 60.5 cm³/mol. The van der Waals surface area contributed by atoms with E-state index in [0.29, 0.717) is 12.4 Å². The molecule has 0 aliphatic heterocycles. The molecule has 16 heavy (non-hydrogen) atoms. The van der Waals surface area contributed by atoms with Crippen molar-refractivity contribution >= 4 is 17.6 Å². The third kappa shape index (κ3) is 2.39. The topological polar surface area (TPSA) is 44.8 Å². The maximum absolute atomic E-state index is 11.4. The first-order valence-corrected chi connectivity index (χ1v) is 5.11. The normalized spacial score (nSPS) is 9.75. The molecule has 0 N–H and O–H groups in total. The van der Waals surface area contributed by atoms with Crippen LogP contribution in [0.4, 0.5) is 0 Å². The monoisotopic (exact) mass is 244 g/mol. The first-order chi connectivity index (χ1) is 7.65. The fraction of sp³-hybridized carbons (Fsp3) is 0.364. The van der Waals surface area contributed by atoms with E-state index in [0.717, 1.165) is 0 Å². The molecule has 0 radical (unpaired) electrons. The van der Waals surface area contributed by atoms with Crippen molar-refractivity contribution in [3.63, 3.8) is 0 Å². The molecule has 0 bridgehead atoms. The number of hydrogen-bond acceptors (Lipinski definition) is 4. The molecule has 1 aromatic carbocycles. The molecule has 0 aromatic heterocycles. The van der Waals surface area contributed by atoms with Crippen LogP contribution in [0.3, 0.4) is 0 Å². The fourth-order valence-corrected chi connectivity index (χ4v) is 1.57. The average molecular weight is 245 g/mol. The Bertz CT molecular complexity index is 390. The number of esters is 1. The number of rotatable bonds is 4. The van der Waals surface area contributed by atoms with Gasteiger partial charge in [-0.05, 0) is 19.1 Å². The van der Waals surface area contributed by atoms with E-state index in [1.54, 1.807) is 12.1 Å². The van der Waals surface area contributed by atoms with E-state index in [9.17, 15) is 4.79 Å². The lowest BCUT2D eigenvalue weighted by Gasteiger charge is -2.12. The molecule has 1 aromatic rings. The molecule has 0 aliphatic carbocycles. The summed E-state index contributed by atoms with van der Waals surface area (Å²) in [4.78, 5) is 11.4. The Morgan fingerprint density at radius 1 is 1.38 bits per heavy atom. The van der Waals surface area contributed by atoms with Gasteiger partial charge in [-0.1, -0.05) is 11.6 Å². The van der Waals surface area contributed by atoms with Crippen LogP contribution in [0.25, 0.3) is 0 Å². The number of carbonyl (C=O) groups is 1. The number of halogens is 1. The zero-order valence-electron chi connectivity index (χ0n) is 9.37. The van der Waals surface area contributed by atoms with Gasteiger partial charge in [-0.2, -0.15) is 0 Å². The summed E-state index contributed by atoms with van der Waals surface area (Å²) in [6, 6.07) is 3.17. The van der Waals surface area contributed by atoms with E-state index in [-0.39, 0.29) is 16.3 Å². The summed E-state index contributed by atoms with van der Waals surface area (Å²) in [5, 5.41) is 0.271. The molecule has 0 amide bonds. The summed E-state index contributed by atoms with van der Waals surface area (Å²) in [5.74, 6) is 0.245. The van der Waals surface area contributed by atoms with E-state index in [1.165, 1.54) is 14.2 Å².